The van der Waals surface area contributed by atoms with Crippen molar-refractivity contribution < 1.29 is 4.79 Å². The maximum absolute atomic E-state index is 11.9. The van der Waals surface area contributed by atoms with Gasteiger partial charge in [0.25, 0.3) is 0 Å². The van der Waals surface area contributed by atoms with E-state index in [1.54, 1.807) is 30.1 Å². The quantitative estimate of drug-likeness (QED) is 0.729. The van der Waals surface area contributed by atoms with Crippen LogP contribution in [0.3, 0.4) is 0 Å². The summed E-state index contributed by atoms with van der Waals surface area (Å²) in [5.74, 6) is 0.0705. The minimum absolute atomic E-state index is 0.0705. The molecule has 0 atom stereocenters. The maximum atomic E-state index is 11.9. The Labute approximate surface area is 103 Å². The Balaban J connectivity index is 2.72. The summed E-state index contributed by atoms with van der Waals surface area (Å²) in [4.78, 5) is 13.5. The molecule has 0 radical (unpaired) electrons. The molecule has 1 amide bonds. The number of anilines is 1. The van der Waals surface area contributed by atoms with Crippen molar-refractivity contribution in [2.24, 2.45) is 0 Å². The van der Waals surface area contributed by atoms with Crippen molar-refractivity contribution in [1.29, 1.82) is 5.26 Å². The number of para-hydroxylation sites is 1. The summed E-state index contributed by atoms with van der Waals surface area (Å²) in [6.45, 7) is 2.11. The van der Waals surface area contributed by atoms with Gasteiger partial charge in [0.15, 0.2) is 0 Å². The van der Waals surface area contributed by atoms with Crippen LogP contribution in [0, 0.1) is 11.3 Å². The Bertz CT molecular complexity index is 420. The lowest BCUT2D eigenvalue weighted by Crippen LogP contribution is -2.26. The van der Waals surface area contributed by atoms with Crippen molar-refractivity contribution in [3.63, 3.8) is 0 Å². The van der Waals surface area contributed by atoms with Gasteiger partial charge in [0.2, 0.25) is 5.91 Å². The highest BCUT2D eigenvalue weighted by Crippen LogP contribution is 2.19. The molecule has 1 rings (SSSR count). The van der Waals surface area contributed by atoms with E-state index in [2.05, 4.69) is 13.0 Å². The molecule has 3 heteroatoms. The number of nitriles is 1. The fourth-order valence-corrected chi connectivity index (χ4v) is 1.69. The number of unbranched alkanes of at least 4 members (excludes halogenated alkanes) is 2. The molecule has 0 fully saturated rings. The summed E-state index contributed by atoms with van der Waals surface area (Å²) in [6.07, 6.45) is 3.63. The van der Waals surface area contributed by atoms with Crippen molar-refractivity contribution in [2.75, 3.05) is 11.9 Å². The fourth-order valence-electron chi connectivity index (χ4n) is 1.69. The fraction of sp³-hybridized carbons (Fsp3) is 0.429. The highest BCUT2D eigenvalue weighted by atomic mass is 16.2. The molecule has 0 saturated heterocycles. The molecule has 0 aliphatic rings. The molecule has 0 aliphatic carbocycles. The van der Waals surface area contributed by atoms with Crippen LogP contribution in [0.4, 0.5) is 5.69 Å². The van der Waals surface area contributed by atoms with Gasteiger partial charge in [-0.1, -0.05) is 31.9 Å². The van der Waals surface area contributed by atoms with Gasteiger partial charge in [0.1, 0.15) is 6.07 Å². The molecule has 90 valence electrons. The molecule has 0 aromatic heterocycles. The number of hydrogen-bond acceptors (Lipinski definition) is 2. The van der Waals surface area contributed by atoms with Crippen LogP contribution in [0.15, 0.2) is 24.3 Å². The molecule has 0 aliphatic heterocycles. The Morgan fingerprint density at radius 1 is 1.35 bits per heavy atom. The molecule has 17 heavy (non-hydrogen) atoms. The van der Waals surface area contributed by atoms with Crippen molar-refractivity contribution >= 4 is 11.6 Å². The zero-order valence-electron chi connectivity index (χ0n) is 10.4. The van der Waals surface area contributed by atoms with Gasteiger partial charge < -0.3 is 4.90 Å². The Kier molecular flexibility index (Phi) is 5.22. The van der Waals surface area contributed by atoms with Gasteiger partial charge in [-0.05, 0) is 18.6 Å². The number of amides is 1. The van der Waals surface area contributed by atoms with Crippen LogP contribution in [0.1, 0.15) is 38.2 Å². The zero-order chi connectivity index (χ0) is 12.7. The summed E-state index contributed by atoms with van der Waals surface area (Å²) in [6, 6.07) is 9.28. The summed E-state index contributed by atoms with van der Waals surface area (Å²) >= 11 is 0. The van der Waals surface area contributed by atoms with Crippen molar-refractivity contribution in [3.8, 4) is 6.07 Å². The number of hydrogen-bond donors (Lipinski definition) is 0. The van der Waals surface area contributed by atoms with Gasteiger partial charge in [0.05, 0.1) is 11.3 Å². The van der Waals surface area contributed by atoms with Crippen molar-refractivity contribution in [2.45, 2.75) is 32.6 Å². The molecule has 0 spiro atoms. The second kappa shape index (κ2) is 6.70. The van der Waals surface area contributed by atoms with E-state index in [1.807, 2.05) is 6.07 Å². The smallest absolute Gasteiger partial charge is 0.226 e. The SMILES string of the molecule is CCCCCC(=O)N(C)c1ccccc1C#N. The average Bonchev–Trinajstić information content (AvgIpc) is 2.38. The molecule has 0 unspecified atom stereocenters. The van der Waals surface area contributed by atoms with Gasteiger partial charge in [0, 0.05) is 13.5 Å². The summed E-state index contributed by atoms with van der Waals surface area (Å²) in [5.41, 5.74) is 1.23. The van der Waals surface area contributed by atoms with E-state index < -0.39 is 0 Å². The van der Waals surface area contributed by atoms with E-state index in [0.717, 1.165) is 19.3 Å². The first-order valence-electron chi connectivity index (χ1n) is 5.96. The number of carbonyl (C=O) groups excluding carboxylic acids is 1. The molecular weight excluding hydrogens is 212 g/mol. The van der Waals surface area contributed by atoms with Crippen molar-refractivity contribution in [3.05, 3.63) is 29.8 Å². The van der Waals surface area contributed by atoms with Gasteiger partial charge in [-0.15, -0.1) is 0 Å². The van der Waals surface area contributed by atoms with E-state index in [1.165, 1.54) is 0 Å². The molecule has 0 saturated carbocycles. The number of carbonyl (C=O) groups is 1. The van der Waals surface area contributed by atoms with Crippen LogP contribution in [-0.4, -0.2) is 13.0 Å². The number of rotatable bonds is 5. The predicted octanol–water partition coefficient (Wildman–Crippen LogP) is 3.10. The van der Waals surface area contributed by atoms with Gasteiger partial charge in [-0.25, -0.2) is 0 Å². The average molecular weight is 230 g/mol. The first-order valence-corrected chi connectivity index (χ1v) is 5.96. The third-order valence-corrected chi connectivity index (χ3v) is 2.75. The third-order valence-electron chi connectivity index (χ3n) is 2.75. The lowest BCUT2D eigenvalue weighted by molar-refractivity contribution is -0.118. The van der Waals surface area contributed by atoms with Crippen LogP contribution < -0.4 is 4.90 Å². The van der Waals surface area contributed by atoms with E-state index >= 15 is 0 Å². The standard InChI is InChI=1S/C14H18N2O/c1-3-4-5-10-14(17)16(2)13-9-7-6-8-12(13)11-15/h6-9H,3-5,10H2,1-2H3. The van der Waals surface area contributed by atoms with Crippen molar-refractivity contribution in [1.82, 2.24) is 0 Å². The second-order valence-electron chi connectivity index (χ2n) is 4.04. The third kappa shape index (κ3) is 3.60. The molecule has 0 N–H and O–H groups in total. The molecule has 1 aromatic rings. The topological polar surface area (TPSA) is 44.1 Å². The Morgan fingerprint density at radius 3 is 2.71 bits per heavy atom. The van der Waals surface area contributed by atoms with Crippen LogP contribution in [0.2, 0.25) is 0 Å². The maximum Gasteiger partial charge on any atom is 0.226 e. The molecule has 1 aromatic carbocycles. The minimum atomic E-state index is 0.0705. The first-order chi connectivity index (χ1) is 8.20. The van der Waals surface area contributed by atoms with Crippen LogP contribution in [0.5, 0.6) is 0 Å². The van der Waals surface area contributed by atoms with Gasteiger partial charge >= 0.3 is 0 Å². The molecule has 3 nitrogen and oxygen atoms in total. The lowest BCUT2D eigenvalue weighted by Gasteiger charge is -2.18. The lowest BCUT2D eigenvalue weighted by atomic mass is 10.1. The van der Waals surface area contributed by atoms with E-state index in [-0.39, 0.29) is 5.91 Å². The van der Waals surface area contributed by atoms with Crippen LogP contribution in [-0.2, 0) is 4.79 Å². The molecule has 0 heterocycles. The predicted molar refractivity (Wildman–Crippen MR) is 68.7 cm³/mol. The monoisotopic (exact) mass is 230 g/mol. The molecule has 0 bridgehead atoms. The highest BCUT2D eigenvalue weighted by molar-refractivity contribution is 5.94. The van der Waals surface area contributed by atoms with Crippen LogP contribution in [0.25, 0.3) is 0 Å². The Morgan fingerprint density at radius 2 is 2.06 bits per heavy atom. The van der Waals surface area contributed by atoms with Gasteiger partial charge in [-0.2, -0.15) is 5.26 Å². The summed E-state index contributed by atoms with van der Waals surface area (Å²) in [7, 11) is 1.73. The minimum Gasteiger partial charge on any atom is -0.314 e. The number of nitrogens with zero attached hydrogens (tertiary/aromatic N) is 2. The van der Waals surface area contributed by atoms with Gasteiger partial charge in [-0.3, -0.25) is 4.79 Å². The van der Waals surface area contributed by atoms with E-state index in [4.69, 9.17) is 5.26 Å². The second-order valence-corrected chi connectivity index (χ2v) is 4.04. The summed E-state index contributed by atoms with van der Waals surface area (Å²) < 4.78 is 0. The first kappa shape index (κ1) is 13.2. The summed E-state index contributed by atoms with van der Waals surface area (Å²) in [5, 5.41) is 8.98. The highest BCUT2D eigenvalue weighted by Gasteiger charge is 2.13. The number of benzene rings is 1. The molecular formula is C14H18N2O. The normalized spacial score (nSPS) is 9.71. The van der Waals surface area contributed by atoms with E-state index in [9.17, 15) is 4.79 Å². The largest absolute Gasteiger partial charge is 0.314 e. The zero-order valence-corrected chi connectivity index (χ0v) is 10.4. The van der Waals surface area contributed by atoms with Crippen LogP contribution >= 0.6 is 0 Å². The Hall–Kier alpha value is -1.82. The van der Waals surface area contributed by atoms with E-state index in [0.29, 0.717) is 17.7 Å².